The second-order valence-corrected chi connectivity index (χ2v) is 5.05. The lowest BCUT2D eigenvalue weighted by molar-refractivity contribution is 0.00298. The molecule has 0 bridgehead atoms. The van der Waals surface area contributed by atoms with Crippen molar-refractivity contribution in [3.8, 4) is 11.4 Å². The Labute approximate surface area is 119 Å². The zero-order chi connectivity index (χ0) is 13.8. The van der Waals surface area contributed by atoms with Gasteiger partial charge in [-0.05, 0) is 19.8 Å². The standard InChI is InChI=1S/C16H19N3O/c1-2-20-15-8-13(9-15)19-14-10-17-16(18-11-14)12-6-4-3-5-7-12/h3-7,10-11,13,15,19H,2,8-9H2,1H3. The molecule has 0 unspecified atom stereocenters. The molecular weight excluding hydrogens is 250 g/mol. The molecule has 1 saturated carbocycles. The van der Waals surface area contributed by atoms with E-state index in [1.54, 1.807) is 0 Å². The Hall–Kier alpha value is -1.94. The lowest BCUT2D eigenvalue weighted by atomic mass is 9.89. The molecule has 4 nitrogen and oxygen atoms in total. The highest BCUT2D eigenvalue weighted by atomic mass is 16.5. The molecule has 0 amide bonds. The summed E-state index contributed by atoms with van der Waals surface area (Å²) < 4.78 is 5.55. The van der Waals surface area contributed by atoms with E-state index in [4.69, 9.17) is 4.74 Å². The minimum absolute atomic E-state index is 0.419. The number of ether oxygens (including phenoxy) is 1. The van der Waals surface area contributed by atoms with Gasteiger partial charge in [0.2, 0.25) is 0 Å². The maximum Gasteiger partial charge on any atom is 0.159 e. The molecule has 0 spiro atoms. The Morgan fingerprint density at radius 2 is 1.85 bits per heavy atom. The van der Waals surface area contributed by atoms with Crippen LogP contribution in [-0.2, 0) is 4.74 Å². The first-order valence-electron chi connectivity index (χ1n) is 7.10. The predicted molar refractivity (Wildman–Crippen MR) is 79.5 cm³/mol. The molecule has 3 rings (SSSR count). The van der Waals surface area contributed by atoms with Crippen molar-refractivity contribution in [1.82, 2.24) is 9.97 Å². The van der Waals surface area contributed by atoms with Gasteiger partial charge in [0.1, 0.15) is 0 Å². The van der Waals surface area contributed by atoms with Crippen LogP contribution in [-0.4, -0.2) is 28.7 Å². The number of aromatic nitrogens is 2. The summed E-state index contributed by atoms with van der Waals surface area (Å²) in [4.78, 5) is 8.82. The molecule has 1 aliphatic rings. The predicted octanol–water partition coefficient (Wildman–Crippen LogP) is 3.12. The number of hydrogen-bond donors (Lipinski definition) is 1. The van der Waals surface area contributed by atoms with E-state index in [1.807, 2.05) is 49.6 Å². The average molecular weight is 269 g/mol. The van der Waals surface area contributed by atoms with Crippen LogP contribution in [0.15, 0.2) is 42.7 Å². The molecule has 1 N–H and O–H groups in total. The van der Waals surface area contributed by atoms with E-state index in [2.05, 4.69) is 15.3 Å². The molecule has 0 saturated heterocycles. The molecule has 1 aromatic heterocycles. The Morgan fingerprint density at radius 3 is 2.50 bits per heavy atom. The van der Waals surface area contributed by atoms with Gasteiger partial charge in [-0.3, -0.25) is 0 Å². The summed E-state index contributed by atoms with van der Waals surface area (Å²) in [6.45, 7) is 2.84. The first-order chi connectivity index (χ1) is 9.85. The number of anilines is 1. The zero-order valence-corrected chi connectivity index (χ0v) is 11.6. The highest BCUT2D eigenvalue weighted by Gasteiger charge is 2.29. The van der Waals surface area contributed by atoms with Gasteiger partial charge >= 0.3 is 0 Å². The van der Waals surface area contributed by atoms with Crippen LogP contribution in [0.1, 0.15) is 19.8 Å². The van der Waals surface area contributed by atoms with Crippen LogP contribution >= 0.6 is 0 Å². The molecule has 1 aromatic carbocycles. The van der Waals surface area contributed by atoms with Crippen molar-refractivity contribution in [3.63, 3.8) is 0 Å². The van der Waals surface area contributed by atoms with Crippen molar-refractivity contribution in [2.24, 2.45) is 0 Å². The molecule has 1 aliphatic carbocycles. The molecule has 0 atom stereocenters. The Morgan fingerprint density at radius 1 is 1.15 bits per heavy atom. The van der Waals surface area contributed by atoms with Gasteiger partial charge in [-0.25, -0.2) is 9.97 Å². The number of nitrogens with zero attached hydrogens (tertiary/aromatic N) is 2. The Bertz CT molecular complexity index is 535. The topological polar surface area (TPSA) is 47.0 Å². The van der Waals surface area contributed by atoms with Gasteiger partial charge in [-0.1, -0.05) is 30.3 Å². The quantitative estimate of drug-likeness (QED) is 0.906. The van der Waals surface area contributed by atoms with Crippen LogP contribution in [0.3, 0.4) is 0 Å². The molecule has 1 fully saturated rings. The van der Waals surface area contributed by atoms with E-state index in [1.165, 1.54) is 0 Å². The summed E-state index contributed by atoms with van der Waals surface area (Å²) >= 11 is 0. The van der Waals surface area contributed by atoms with E-state index < -0.39 is 0 Å². The van der Waals surface area contributed by atoms with Crippen molar-refractivity contribution < 1.29 is 4.74 Å². The van der Waals surface area contributed by atoms with Crippen molar-refractivity contribution >= 4 is 5.69 Å². The minimum atomic E-state index is 0.419. The fourth-order valence-corrected chi connectivity index (χ4v) is 2.43. The summed E-state index contributed by atoms with van der Waals surface area (Å²) in [6, 6.07) is 10.5. The van der Waals surface area contributed by atoms with Crippen molar-refractivity contribution in [2.75, 3.05) is 11.9 Å². The monoisotopic (exact) mass is 269 g/mol. The molecule has 4 heteroatoms. The highest BCUT2D eigenvalue weighted by Crippen LogP contribution is 2.26. The summed E-state index contributed by atoms with van der Waals surface area (Å²) in [7, 11) is 0. The Kier molecular flexibility index (Phi) is 3.92. The SMILES string of the molecule is CCOC1CC(Nc2cnc(-c3ccccc3)nc2)C1. The van der Waals surface area contributed by atoms with E-state index in [0.717, 1.165) is 36.5 Å². The van der Waals surface area contributed by atoms with Gasteiger partial charge in [0.15, 0.2) is 5.82 Å². The number of benzene rings is 1. The van der Waals surface area contributed by atoms with Crippen LogP contribution in [0.5, 0.6) is 0 Å². The third kappa shape index (κ3) is 2.96. The third-order valence-electron chi connectivity index (χ3n) is 3.55. The molecule has 104 valence electrons. The second kappa shape index (κ2) is 6.01. The first-order valence-corrected chi connectivity index (χ1v) is 7.10. The van der Waals surface area contributed by atoms with Crippen molar-refractivity contribution in [2.45, 2.75) is 31.9 Å². The van der Waals surface area contributed by atoms with Gasteiger partial charge in [0.05, 0.1) is 24.2 Å². The lowest BCUT2D eigenvalue weighted by Crippen LogP contribution is -2.40. The number of rotatable bonds is 5. The highest BCUT2D eigenvalue weighted by molar-refractivity contribution is 5.55. The van der Waals surface area contributed by atoms with E-state index in [-0.39, 0.29) is 0 Å². The largest absolute Gasteiger partial charge is 0.380 e. The summed E-state index contributed by atoms with van der Waals surface area (Å²) in [6.07, 6.45) is 6.25. The van der Waals surface area contributed by atoms with Crippen LogP contribution in [0, 0.1) is 0 Å². The van der Waals surface area contributed by atoms with Gasteiger partial charge in [0, 0.05) is 18.2 Å². The second-order valence-electron chi connectivity index (χ2n) is 5.05. The first kappa shape index (κ1) is 13.1. The maximum absolute atomic E-state index is 5.55. The van der Waals surface area contributed by atoms with E-state index >= 15 is 0 Å². The summed E-state index contributed by atoms with van der Waals surface area (Å²) in [5.74, 6) is 0.761. The Balaban J connectivity index is 1.58. The summed E-state index contributed by atoms with van der Waals surface area (Å²) in [5, 5.41) is 3.44. The lowest BCUT2D eigenvalue weighted by Gasteiger charge is -2.35. The fraction of sp³-hybridized carbons (Fsp3) is 0.375. The normalized spacial score (nSPS) is 21.2. The number of hydrogen-bond acceptors (Lipinski definition) is 4. The molecular formula is C16H19N3O. The van der Waals surface area contributed by atoms with Gasteiger partial charge in [0.25, 0.3) is 0 Å². The minimum Gasteiger partial charge on any atom is -0.380 e. The molecule has 1 heterocycles. The third-order valence-corrected chi connectivity index (χ3v) is 3.55. The molecule has 0 aliphatic heterocycles. The van der Waals surface area contributed by atoms with Crippen molar-refractivity contribution in [3.05, 3.63) is 42.7 Å². The van der Waals surface area contributed by atoms with E-state index in [9.17, 15) is 0 Å². The van der Waals surface area contributed by atoms with Gasteiger partial charge in [-0.2, -0.15) is 0 Å². The summed E-state index contributed by atoms with van der Waals surface area (Å²) in [5.41, 5.74) is 2.02. The van der Waals surface area contributed by atoms with Gasteiger partial charge in [-0.15, -0.1) is 0 Å². The maximum atomic E-state index is 5.55. The molecule has 20 heavy (non-hydrogen) atoms. The molecule has 0 radical (unpaired) electrons. The van der Waals surface area contributed by atoms with Crippen molar-refractivity contribution in [1.29, 1.82) is 0 Å². The number of nitrogens with one attached hydrogen (secondary N) is 1. The van der Waals surface area contributed by atoms with Crippen LogP contribution in [0.4, 0.5) is 5.69 Å². The van der Waals surface area contributed by atoms with Crippen LogP contribution in [0.2, 0.25) is 0 Å². The van der Waals surface area contributed by atoms with Gasteiger partial charge < -0.3 is 10.1 Å². The molecule has 2 aromatic rings. The fourth-order valence-electron chi connectivity index (χ4n) is 2.43. The smallest absolute Gasteiger partial charge is 0.159 e. The van der Waals surface area contributed by atoms with Crippen LogP contribution < -0.4 is 5.32 Å². The zero-order valence-electron chi connectivity index (χ0n) is 11.6. The van der Waals surface area contributed by atoms with Crippen LogP contribution in [0.25, 0.3) is 11.4 Å². The average Bonchev–Trinajstić information content (AvgIpc) is 2.47. The van der Waals surface area contributed by atoms with E-state index in [0.29, 0.717) is 12.1 Å².